The quantitative estimate of drug-likeness (QED) is 0.434. The van der Waals surface area contributed by atoms with Gasteiger partial charge in [-0.05, 0) is 56.7 Å². The fourth-order valence-electron chi connectivity index (χ4n) is 5.70. The van der Waals surface area contributed by atoms with Crippen LogP contribution in [0.2, 0.25) is 0 Å². The van der Waals surface area contributed by atoms with Crippen molar-refractivity contribution in [2.24, 2.45) is 5.92 Å². The van der Waals surface area contributed by atoms with Gasteiger partial charge in [0.05, 0.1) is 22.4 Å². The molecule has 1 saturated heterocycles. The summed E-state index contributed by atoms with van der Waals surface area (Å²) in [5, 5.41) is 17.0. The molecular weight excluding hydrogens is 488 g/mol. The Morgan fingerprint density at radius 1 is 1.24 bits per heavy atom. The summed E-state index contributed by atoms with van der Waals surface area (Å²) < 4.78 is 6.80. The number of hydrogen-bond acceptors (Lipinski definition) is 9. The fraction of sp³-hybridized carbons (Fsp3) is 0.556. The molecule has 3 fully saturated rings. The Balaban J connectivity index is 1.05. The Morgan fingerprint density at radius 2 is 2.08 bits per heavy atom. The van der Waals surface area contributed by atoms with Gasteiger partial charge in [0.2, 0.25) is 5.91 Å². The summed E-state index contributed by atoms with van der Waals surface area (Å²) in [4.78, 5) is 28.9. The monoisotopic (exact) mass is 522 g/mol. The van der Waals surface area contributed by atoms with E-state index in [0.717, 1.165) is 73.1 Å². The van der Waals surface area contributed by atoms with Gasteiger partial charge < -0.3 is 20.5 Å². The molecule has 2 aliphatic carbocycles. The fourth-order valence-corrected chi connectivity index (χ4v) is 6.61. The summed E-state index contributed by atoms with van der Waals surface area (Å²) in [5.74, 6) is 0.747. The molecular formula is C27H34N6O3S. The van der Waals surface area contributed by atoms with E-state index < -0.39 is 0 Å². The predicted molar refractivity (Wildman–Crippen MR) is 143 cm³/mol. The van der Waals surface area contributed by atoms with E-state index in [1.165, 1.54) is 11.3 Å². The Morgan fingerprint density at radius 3 is 2.84 bits per heavy atom. The minimum atomic E-state index is -0.383. The van der Waals surface area contributed by atoms with E-state index in [1.807, 2.05) is 12.1 Å². The van der Waals surface area contributed by atoms with Crippen molar-refractivity contribution in [2.75, 3.05) is 25.0 Å². The number of piperazine rings is 1. The number of aromatic nitrogens is 3. The zero-order valence-corrected chi connectivity index (χ0v) is 21.9. The third kappa shape index (κ3) is 5.39. The topological polar surface area (TPSA) is 113 Å². The molecule has 1 aromatic carbocycles. The molecule has 37 heavy (non-hydrogen) atoms. The number of aliphatic hydroxyl groups excluding tert-OH is 1. The maximum absolute atomic E-state index is 12.8. The van der Waals surface area contributed by atoms with Crippen LogP contribution >= 0.6 is 11.3 Å². The average Bonchev–Trinajstić information content (AvgIpc) is 3.47. The molecule has 0 spiro atoms. The number of nitrogens with zero attached hydrogens (tertiary/aromatic N) is 4. The van der Waals surface area contributed by atoms with E-state index in [1.54, 1.807) is 12.4 Å². The summed E-state index contributed by atoms with van der Waals surface area (Å²) in [5.41, 5.74) is 2.78. The lowest BCUT2D eigenvalue weighted by Crippen LogP contribution is -2.58. The zero-order chi connectivity index (χ0) is 25.4. The van der Waals surface area contributed by atoms with Crippen LogP contribution in [0, 0.1) is 5.92 Å². The Labute approximate surface area is 220 Å². The number of amides is 1. The van der Waals surface area contributed by atoms with Gasteiger partial charge in [-0.25, -0.2) is 15.0 Å². The highest BCUT2D eigenvalue weighted by molar-refractivity contribution is 7.22. The van der Waals surface area contributed by atoms with Gasteiger partial charge in [-0.2, -0.15) is 0 Å². The normalized spacial score (nSPS) is 28.3. The van der Waals surface area contributed by atoms with Gasteiger partial charge in [-0.1, -0.05) is 17.4 Å². The highest BCUT2D eigenvalue weighted by Crippen LogP contribution is 2.36. The smallest absolute Gasteiger partial charge is 0.229 e. The van der Waals surface area contributed by atoms with Crippen molar-refractivity contribution in [3.63, 3.8) is 0 Å². The molecule has 3 aromatic rings. The largest absolute Gasteiger partial charge is 0.390 e. The lowest BCUT2D eigenvalue weighted by atomic mass is 9.78. The molecule has 196 valence electrons. The van der Waals surface area contributed by atoms with Gasteiger partial charge in [0.1, 0.15) is 6.61 Å². The van der Waals surface area contributed by atoms with Gasteiger partial charge in [-0.15, -0.1) is 0 Å². The second-order valence-corrected chi connectivity index (χ2v) is 11.6. The van der Waals surface area contributed by atoms with Gasteiger partial charge >= 0.3 is 0 Å². The van der Waals surface area contributed by atoms with Crippen LogP contribution in [-0.4, -0.2) is 74.8 Å². The Bertz CT molecular complexity index is 1240. The number of fused-ring (bicyclic) bond motifs is 1. The van der Waals surface area contributed by atoms with Crippen LogP contribution in [-0.2, 0) is 16.1 Å². The van der Waals surface area contributed by atoms with E-state index >= 15 is 0 Å². The van der Waals surface area contributed by atoms with Crippen molar-refractivity contribution >= 4 is 32.6 Å². The van der Waals surface area contributed by atoms with Gasteiger partial charge in [0, 0.05) is 55.6 Å². The van der Waals surface area contributed by atoms with E-state index in [4.69, 9.17) is 4.74 Å². The first kappa shape index (κ1) is 24.8. The van der Waals surface area contributed by atoms with Crippen molar-refractivity contribution in [2.45, 2.75) is 69.9 Å². The van der Waals surface area contributed by atoms with E-state index in [-0.39, 0.29) is 24.0 Å². The molecule has 3 atom stereocenters. The molecule has 3 heterocycles. The second-order valence-electron chi connectivity index (χ2n) is 10.5. The standard InChI is InChI=1S/C27H34N6O3S/c1-16-12-28-7-8-33(16)20-9-18(10-20)26(35)32-27-31-21-6-5-17(11-24(21)37-27)19-13-29-25(30-14-19)15-36-23-4-2-3-22(23)34/h5-6,11,13-14,16,18,20,22-23,28,34H,2-4,7-10,12,15H2,1H3,(H,31,32,35)/t16-,18?,20?,22-,23-/m0/s1. The molecule has 3 N–H and O–H groups in total. The van der Waals surface area contributed by atoms with Crippen LogP contribution in [0.15, 0.2) is 30.6 Å². The van der Waals surface area contributed by atoms with Gasteiger partial charge in [0.25, 0.3) is 0 Å². The summed E-state index contributed by atoms with van der Waals surface area (Å²) in [7, 11) is 0. The van der Waals surface area contributed by atoms with Crippen molar-refractivity contribution in [1.29, 1.82) is 0 Å². The summed E-state index contributed by atoms with van der Waals surface area (Å²) in [6.07, 6.45) is 7.62. The van der Waals surface area contributed by atoms with Crippen molar-refractivity contribution in [3.8, 4) is 11.1 Å². The minimum Gasteiger partial charge on any atom is -0.390 e. The van der Waals surface area contributed by atoms with E-state index in [0.29, 0.717) is 29.6 Å². The lowest BCUT2D eigenvalue weighted by Gasteiger charge is -2.47. The number of benzene rings is 1. The number of carbonyl (C=O) groups is 1. The molecule has 0 unspecified atom stereocenters. The van der Waals surface area contributed by atoms with Crippen LogP contribution in [0.1, 0.15) is 44.9 Å². The molecule has 1 amide bonds. The van der Waals surface area contributed by atoms with Crippen molar-refractivity contribution in [3.05, 3.63) is 36.4 Å². The number of rotatable bonds is 7. The Kier molecular flexibility index (Phi) is 7.18. The Hall–Kier alpha value is -2.50. The predicted octanol–water partition coefficient (Wildman–Crippen LogP) is 3.19. The number of nitrogens with one attached hydrogen (secondary N) is 2. The van der Waals surface area contributed by atoms with Gasteiger partial charge in [-0.3, -0.25) is 9.69 Å². The number of hydrogen-bond donors (Lipinski definition) is 3. The molecule has 2 saturated carbocycles. The first-order valence-corrected chi connectivity index (χ1v) is 14.1. The molecule has 1 aliphatic heterocycles. The second kappa shape index (κ2) is 10.7. The molecule has 0 radical (unpaired) electrons. The van der Waals surface area contributed by atoms with Crippen LogP contribution in [0.4, 0.5) is 5.13 Å². The highest BCUT2D eigenvalue weighted by atomic mass is 32.1. The lowest BCUT2D eigenvalue weighted by molar-refractivity contribution is -0.125. The number of thiazole rings is 1. The van der Waals surface area contributed by atoms with Crippen molar-refractivity contribution in [1.82, 2.24) is 25.2 Å². The van der Waals surface area contributed by atoms with Crippen LogP contribution in [0.25, 0.3) is 21.3 Å². The minimum absolute atomic E-state index is 0.0613. The first-order chi connectivity index (χ1) is 18.0. The number of aliphatic hydroxyl groups is 1. The van der Waals surface area contributed by atoms with E-state index in [9.17, 15) is 9.90 Å². The summed E-state index contributed by atoms with van der Waals surface area (Å²) in [6.45, 7) is 5.67. The maximum atomic E-state index is 12.8. The first-order valence-electron chi connectivity index (χ1n) is 13.3. The van der Waals surface area contributed by atoms with Crippen molar-refractivity contribution < 1.29 is 14.6 Å². The molecule has 6 rings (SSSR count). The highest BCUT2D eigenvalue weighted by Gasteiger charge is 2.40. The van der Waals surface area contributed by atoms with Crippen LogP contribution in [0.5, 0.6) is 0 Å². The summed E-state index contributed by atoms with van der Waals surface area (Å²) >= 11 is 1.49. The van der Waals surface area contributed by atoms with Crippen LogP contribution < -0.4 is 10.6 Å². The van der Waals surface area contributed by atoms with Gasteiger partial charge in [0.15, 0.2) is 11.0 Å². The van der Waals surface area contributed by atoms with Crippen LogP contribution in [0.3, 0.4) is 0 Å². The molecule has 0 bridgehead atoms. The zero-order valence-electron chi connectivity index (χ0n) is 21.1. The number of ether oxygens (including phenoxy) is 1. The number of carbonyl (C=O) groups excluding carboxylic acids is 1. The molecule has 10 heteroatoms. The maximum Gasteiger partial charge on any atom is 0.229 e. The van der Waals surface area contributed by atoms with E-state index in [2.05, 4.69) is 43.5 Å². The summed E-state index contributed by atoms with van der Waals surface area (Å²) in [6, 6.07) is 7.09. The third-order valence-electron chi connectivity index (χ3n) is 8.01. The molecule has 2 aromatic heterocycles. The molecule has 9 nitrogen and oxygen atoms in total. The third-order valence-corrected chi connectivity index (χ3v) is 8.94. The number of anilines is 1. The SMILES string of the molecule is C[C@H]1CNCCN1C1CC(C(=O)Nc2nc3ccc(-c4cnc(CO[C@H]5CCC[C@@H]5O)nc4)cc3s2)C1. The average molecular weight is 523 g/mol. The molecule has 3 aliphatic rings.